The molecule has 6 nitrogen and oxygen atoms in total. The molecule has 0 fully saturated rings. The fourth-order valence-corrected chi connectivity index (χ4v) is 1.61. The maximum absolute atomic E-state index is 12.0. The van der Waals surface area contributed by atoms with E-state index in [0.29, 0.717) is 12.2 Å². The minimum Gasteiger partial charge on any atom is -0.344 e. The fourth-order valence-electron chi connectivity index (χ4n) is 1.61. The van der Waals surface area contributed by atoms with Crippen molar-refractivity contribution in [2.24, 2.45) is 5.73 Å². The van der Waals surface area contributed by atoms with E-state index in [1.807, 2.05) is 6.92 Å². The van der Waals surface area contributed by atoms with Crippen LogP contribution in [0.4, 0.5) is 0 Å². The Hall–Kier alpha value is -2.65. The zero-order chi connectivity index (χ0) is 14.4. The van der Waals surface area contributed by atoms with Crippen LogP contribution in [-0.2, 0) is 0 Å². The molecule has 2 aromatic heterocycles. The molecule has 0 aliphatic rings. The topological polar surface area (TPSA) is 96.7 Å². The summed E-state index contributed by atoms with van der Waals surface area (Å²) in [6.45, 7) is 2.17. The zero-order valence-corrected chi connectivity index (χ0v) is 11.1. The van der Waals surface area contributed by atoms with Gasteiger partial charge in [0.05, 0.1) is 18.8 Å². The lowest BCUT2D eigenvalue weighted by molar-refractivity contribution is 0.0935. The van der Waals surface area contributed by atoms with Crippen LogP contribution in [0.1, 0.15) is 34.6 Å². The average molecular weight is 269 g/mol. The second-order valence-corrected chi connectivity index (χ2v) is 4.16. The van der Waals surface area contributed by atoms with Gasteiger partial charge in [0.15, 0.2) is 0 Å². The van der Waals surface area contributed by atoms with E-state index in [2.05, 4.69) is 32.3 Å². The van der Waals surface area contributed by atoms with E-state index < -0.39 is 0 Å². The van der Waals surface area contributed by atoms with Crippen LogP contribution >= 0.6 is 0 Å². The minimum atomic E-state index is -0.239. The number of nitrogens with zero attached hydrogens (tertiary/aromatic N) is 2. The highest BCUT2D eigenvalue weighted by Gasteiger charge is 2.12. The number of nitrogens with one attached hydrogen (secondary N) is 2. The largest absolute Gasteiger partial charge is 0.344 e. The quantitative estimate of drug-likeness (QED) is 0.711. The molecule has 0 aliphatic carbocycles. The van der Waals surface area contributed by atoms with E-state index in [9.17, 15) is 4.79 Å². The molecule has 4 N–H and O–H groups in total. The van der Waals surface area contributed by atoms with Crippen molar-refractivity contribution < 1.29 is 4.79 Å². The van der Waals surface area contributed by atoms with Gasteiger partial charge in [0.2, 0.25) is 0 Å². The summed E-state index contributed by atoms with van der Waals surface area (Å²) in [4.78, 5) is 16.1. The third-order valence-electron chi connectivity index (χ3n) is 2.70. The monoisotopic (exact) mass is 269 g/mol. The molecule has 0 aromatic carbocycles. The standard InChI is InChI=1S/C14H15N5O/c1-10(12-8-17-18-9-12)19-14(20)13-5-4-11(7-16-13)3-2-6-15/h4-5,7-10H,6,15H2,1H3,(H,17,18)(H,19,20). The number of H-pyrrole nitrogens is 1. The van der Waals surface area contributed by atoms with Crippen LogP contribution in [0, 0.1) is 11.8 Å². The van der Waals surface area contributed by atoms with Crippen LogP contribution in [0.2, 0.25) is 0 Å². The maximum Gasteiger partial charge on any atom is 0.270 e. The number of aromatic amines is 1. The summed E-state index contributed by atoms with van der Waals surface area (Å²) in [5, 5.41) is 9.40. The number of carbonyl (C=O) groups is 1. The molecule has 0 radical (unpaired) electrons. The first-order chi connectivity index (χ1) is 9.70. The third kappa shape index (κ3) is 3.43. The molecular weight excluding hydrogens is 254 g/mol. The highest BCUT2D eigenvalue weighted by Crippen LogP contribution is 2.10. The van der Waals surface area contributed by atoms with Gasteiger partial charge in [0, 0.05) is 23.5 Å². The number of carbonyl (C=O) groups excluding carboxylic acids is 1. The number of amides is 1. The highest BCUT2D eigenvalue weighted by atomic mass is 16.1. The van der Waals surface area contributed by atoms with Gasteiger partial charge >= 0.3 is 0 Å². The average Bonchev–Trinajstić information content (AvgIpc) is 3.00. The molecule has 0 saturated carbocycles. The first-order valence-corrected chi connectivity index (χ1v) is 6.15. The lowest BCUT2D eigenvalue weighted by atomic mass is 10.2. The number of rotatable bonds is 3. The third-order valence-corrected chi connectivity index (χ3v) is 2.70. The molecule has 0 bridgehead atoms. The van der Waals surface area contributed by atoms with E-state index in [1.165, 1.54) is 0 Å². The van der Waals surface area contributed by atoms with Crippen molar-refractivity contribution in [2.75, 3.05) is 6.54 Å². The van der Waals surface area contributed by atoms with Crippen molar-refractivity contribution >= 4 is 5.91 Å². The molecule has 6 heteroatoms. The van der Waals surface area contributed by atoms with Crippen LogP contribution < -0.4 is 11.1 Å². The minimum absolute atomic E-state index is 0.139. The van der Waals surface area contributed by atoms with Gasteiger partial charge in [0.25, 0.3) is 5.91 Å². The Bertz CT molecular complexity index is 622. The summed E-state index contributed by atoms with van der Waals surface area (Å²) in [7, 11) is 0. The molecule has 2 rings (SSSR count). The number of hydrogen-bond donors (Lipinski definition) is 3. The van der Waals surface area contributed by atoms with E-state index in [4.69, 9.17) is 5.73 Å². The molecule has 1 atom stereocenters. The van der Waals surface area contributed by atoms with Crippen LogP contribution in [0.15, 0.2) is 30.7 Å². The molecule has 0 aliphatic heterocycles. The number of hydrogen-bond acceptors (Lipinski definition) is 4. The van der Waals surface area contributed by atoms with Gasteiger partial charge in [-0.2, -0.15) is 5.10 Å². The first-order valence-electron chi connectivity index (χ1n) is 6.15. The van der Waals surface area contributed by atoms with Crippen LogP contribution in [0.5, 0.6) is 0 Å². The van der Waals surface area contributed by atoms with Crippen molar-refractivity contribution in [3.8, 4) is 11.8 Å². The van der Waals surface area contributed by atoms with Gasteiger partial charge in [-0.3, -0.25) is 9.89 Å². The Morgan fingerprint density at radius 3 is 2.95 bits per heavy atom. The predicted octanol–water partition coefficient (Wildman–Crippen LogP) is 0.606. The Morgan fingerprint density at radius 1 is 1.50 bits per heavy atom. The van der Waals surface area contributed by atoms with Crippen molar-refractivity contribution in [2.45, 2.75) is 13.0 Å². The van der Waals surface area contributed by atoms with Gasteiger partial charge in [-0.05, 0) is 19.1 Å². The fraction of sp³-hybridized carbons (Fsp3) is 0.214. The van der Waals surface area contributed by atoms with Crippen molar-refractivity contribution in [1.29, 1.82) is 0 Å². The summed E-state index contributed by atoms with van der Waals surface area (Å²) in [6.07, 6.45) is 4.97. The molecular formula is C14H15N5O. The molecule has 1 unspecified atom stereocenters. The lowest BCUT2D eigenvalue weighted by Gasteiger charge is -2.11. The lowest BCUT2D eigenvalue weighted by Crippen LogP contribution is -2.27. The van der Waals surface area contributed by atoms with E-state index in [1.54, 1.807) is 30.7 Å². The van der Waals surface area contributed by atoms with Crippen LogP contribution in [0.25, 0.3) is 0 Å². The Kier molecular flexibility index (Phi) is 4.47. The predicted molar refractivity (Wildman–Crippen MR) is 74.6 cm³/mol. The SMILES string of the molecule is CC(NC(=O)c1ccc(C#CCN)cn1)c1cn[nH]c1. The maximum atomic E-state index is 12.0. The summed E-state index contributed by atoms with van der Waals surface area (Å²) in [6, 6.07) is 3.24. The number of nitrogens with two attached hydrogens (primary N) is 1. The zero-order valence-electron chi connectivity index (χ0n) is 11.1. The van der Waals surface area contributed by atoms with Gasteiger partial charge in [-0.15, -0.1) is 0 Å². The molecule has 2 heterocycles. The molecule has 102 valence electrons. The second kappa shape index (κ2) is 6.50. The van der Waals surface area contributed by atoms with Gasteiger partial charge in [-0.1, -0.05) is 11.8 Å². The van der Waals surface area contributed by atoms with Gasteiger partial charge in [-0.25, -0.2) is 4.98 Å². The normalized spacial score (nSPS) is 11.3. The Labute approximate surface area is 116 Å². The van der Waals surface area contributed by atoms with Gasteiger partial charge < -0.3 is 11.1 Å². The van der Waals surface area contributed by atoms with Crippen molar-refractivity contribution in [3.63, 3.8) is 0 Å². The smallest absolute Gasteiger partial charge is 0.270 e. The molecule has 20 heavy (non-hydrogen) atoms. The van der Waals surface area contributed by atoms with E-state index in [0.717, 1.165) is 11.1 Å². The van der Waals surface area contributed by atoms with Crippen LogP contribution in [0.3, 0.4) is 0 Å². The summed E-state index contributed by atoms with van der Waals surface area (Å²) in [5.41, 5.74) is 7.27. The van der Waals surface area contributed by atoms with E-state index >= 15 is 0 Å². The first kappa shape index (κ1) is 13.8. The summed E-state index contributed by atoms with van der Waals surface area (Å²) < 4.78 is 0. The summed E-state index contributed by atoms with van der Waals surface area (Å²) in [5.74, 6) is 5.34. The van der Waals surface area contributed by atoms with E-state index in [-0.39, 0.29) is 11.9 Å². The molecule has 0 saturated heterocycles. The number of aromatic nitrogens is 3. The Morgan fingerprint density at radius 2 is 2.35 bits per heavy atom. The van der Waals surface area contributed by atoms with Crippen molar-refractivity contribution in [3.05, 3.63) is 47.5 Å². The molecule has 0 spiro atoms. The Balaban J connectivity index is 2.02. The van der Waals surface area contributed by atoms with Crippen LogP contribution in [-0.4, -0.2) is 27.6 Å². The van der Waals surface area contributed by atoms with Crippen molar-refractivity contribution in [1.82, 2.24) is 20.5 Å². The summed E-state index contributed by atoms with van der Waals surface area (Å²) >= 11 is 0. The number of pyridine rings is 1. The van der Waals surface area contributed by atoms with Gasteiger partial charge in [0.1, 0.15) is 5.69 Å². The molecule has 2 aromatic rings. The second-order valence-electron chi connectivity index (χ2n) is 4.16. The molecule has 1 amide bonds. The highest BCUT2D eigenvalue weighted by molar-refractivity contribution is 5.92.